The summed E-state index contributed by atoms with van der Waals surface area (Å²) in [4.78, 5) is 25.2. The largest absolute Gasteiger partial charge is 0.355 e. The summed E-state index contributed by atoms with van der Waals surface area (Å²) in [5.74, 6) is 0.791. The summed E-state index contributed by atoms with van der Waals surface area (Å²) in [5, 5.41) is 2.99. The molecule has 1 saturated heterocycles. The summed E-state index contributed by atoms with van der Waals surface area (Å²) in [6, 6.07) is 1.87. The van der Waals surface area contributed by atoms with Crippen molar-refractivity contribution >= 4 is 11.7 Å². The van der Waals surface area contributed by atoms with E-state index < -0.39 is 0 Å². The van der Waals surface area contributed by atoms with Gasteiger partial charge in [0.25, 0.3) is 0 Å². The standard InChI is InChI=1S/C16H24N6O/c1-20-7-3-8-21(11-10-20)13-15(23)17-6-4-14-12-22-9-2-5-18-16(22)19-14/h2,5,9,12H,3-4,6-8,10-11,13H2,1H3,(H,17,23). The van der Waals surface area contributed by atoms with Crippen LogP contribution >= 0.6 is 0 Å². The van der Waals surface area contributed by atoms with Gasteiger partial charge in [0.05, 0.1) is 12.2 Å². The van der Waals surface area contributed by atoms with Gasteiger partial charge in [-0.05, 0) is 32.6 Å². The highest BCUT2D eigenvalue weighted by Crippen LogP contribution is 2.02. The van der Waals surface area contributed by atoms with Gasteiger partial charge in [0.1, 0.15) is 0 Å². The predicted octanol–water partition coefficient (Wildman–Crippen LogP) is 0.0255. The Morgan fingerprint density at radius 3 is 3.09 bits per heavy atom. The fourth-order valence-electron chi connectivity index (χ4n) is 2.85. The molecule has 0 unspecified atom stereocenters. The quantitative estimate of drug-likeness (QED) is 0.843. The Labute approximate surface area is 136 Å². The second-order valence-electron chi connectivity index (χ2n) is 6.09. The molecule has 7 nitrogen and oxygen atoms in total. The number of carbonyl (C=O) groups excluding carboxylic acids is 1. The van der Waals surface area contributed by atoms with Crippen LogP contribution in [0.25, 0.3) is 5.78 Å². The Morgan fingerprint density at radius 1 is 1.30 bits per heavy atom. The minimum Gasteiger partial charge on any atom is -0.355 e. The molecule has 3 heterocycles. The van der Waals surface area contributed by atoms with Gasteiger partial charge >= 0.3 is 0 Å². The highest BCUT2D eigenvalue weighted by molar-refractivity contribution is 5.78. The lowest BCUT2D eigenvalue weighted by molar-refractivity contribution is -0.122. The summed E-state index contributed by atoms with van der Waals surface area (Å²) >= 11 is 0. The molecule has 1 aliphatic heterocycles. The monoisotopic (exact) mass is 316 g/mol. The van der Waals surface area contributed by atoms with Gasteiger partial charge in [-0.3, -0.25) is 14.1 Å². The third kappa shape index (κ3) is 4.49. The van der Waals surface area contributed by atoms with Gasteiger partial charge in [-0.2, -0.15) is 0 Å². The average Bonchev–Trinajstić information content (AvgIpc) is 2.84. The number of nitrogens with one attached hydrogen (secondary N) is 1. The van der Waals surface area contributed by atoms with Crippen molar-refractivity contribution in [2.24, 2.45) is 0 Å². The molecule has 2 aromatic rings. The number of carbonyl (C=O) groups is 1. The molecule has 1 amide bonds. The minimum absolute atomic E-state index is 0.0939. The van der Waals surface area contributed by atoms with Gasteiger partial charge in [-0.15, -0.1) is 0 Å². The Hall–Kier alpha value is -1.99. The summed E-state index contributed by atoms with van der Waals surface area (Å²) in [5.41, 5.74) is 0.945. The second-order valence-corrected chi connectivity index (χ2v) is 6.09. The average molecular weight is 316 g/mol. The highest BCUT2D eigenvalue weighted by atomic mass is 16.2. The zero-order valence-electron chi connectivity index (χ0n) is 13.6. The Morgan fingerprint density at radius 2 is 2.22 bits per heavy atom. The maximum atomic E-state index is 12.1. The van der Waals surface area contributed by atoms with Crippen molar-refractivity contribution < 1.29 is 4.79 Å². The molecule has 0 spiro atoms. The molecular formula is C16H24N6O. The van der Waals surface area contributed by atoms with Gasteiger partial charge in [0.15, 0.2) is 0 Å². The van der Waals surface area contributed by atoms with Crippen LogP contribution in [0.1, 0.15) is 12.1 Å². The third-order valence-corrected chi connectivity index (χ3v) is 4.17. The second kappa shape index (κ2) is 7.52. The molecule has 23 heavy (non-hydrogen) atoms. The number of nitrogens with zero attached hydrogens (tertiary/aromatic N) is 5. The normalized spacial score (nSPS) is 17.3. The fourth-order valence-corrected chi connectivity index (χ4v) is 2.85. The number of amides is 1. The summed E-state index contributed by atoms with van der Waals surface area (Å²) in [7, 11) is 2.13. The van der Waals surface area contributed by atoms with Crippen molar-refractivity contribution in [3.63, 3.8) is 0 Å². The van der Waals surface area contributed by atoms with E-state index in [9.17, 15) is 4.79 Å². The molecule has 1 N–H and O–H groups in total. The molecule has 3 rings (SSSR count). The van der Waals surface area contributed by atoms with Crippen LogP contribution in [0.15, 0.2) is 24.7 Å². The molecule has 0 aliphatic carbocycles. The highest BCUT2D eigenvalue weighted by Gasteiger charge is 2.14. The summed E-state index contributed by atoms with van der Waals surface area (Å²) in [6.07, 6.45) is 7.45. The first-order chi connectivity index (χ1) is 11.2. The van der Waals surface area contributed by atoms with E-state index in [1.54, 1.807) is 6.20 Å². The zero-order valence-corrected chi connectivity index (χ0v) is 13.6. The smallest absolute Gasteiger partial charge is 0.234 e. The van der Waals surface area contributed by atoms with Crippen LogP contribution in [0.2, 0.25) is 0 Å². The zero-order chi connectivity index (χ0) is 16.1. The molecule has 0 aromatic carbocycles. The number of hydrogen-bond donors (Lipinski definition) is 1. The number of imidazole rings is 1. The van der Waals surface area contributed by atoms with Crippen LogP contribution in [0, 0.1) is 0 Å². The number of hydrogen-bond acceptors (Lipinski definition) is 5. The Balaban J connectivity index is 1.42. The van der Waals surface area contributed by atoms with Crippen LogP contribution in [0.4, 0.5) is 0 Å². The molecule has 2 aromatic heterocycles. The SMILES string of the molecule is CN1CCCN(CC(=O)NCCc2cn3cccnc3n2)CC1. The van der Waals surface area contributed by atoms with E-state index in [4.69, 9.17) is 0 Å². The fraction of sp³-hybridized carbons (Fsp3) is 0.562. The summed E-state index contributed by atoms with van der Waals surface area (Å²) < 4.78 is 1.89. The topological polar surface area (TPSA) is 65.8 Å². The molecular weight excluding hydrogens is 292 g/mol. The first-order valence-electron chi connectivity index (χ1n) is 8.17. The van der Waals surface area contributed by atoms with Crippen LogP contribution in [-0.4, -0.2) is 76.4 Å². The molecule has 0 saturated carbocycles. The van der Waals surface area contributed by atoms with Crippen LogP contribution in [0.3, 0.4) is 0 Å². The number of rotatable bonds is 5. The maximum Gasteiger partial charge on any atom is 0.234 e. The maximum absolute atomic E-state index is 12.1. The number of likely N-dealkylation sites (N-methyl/N-ethyl adjacent to an activating group) is 1. The number of fused-ring (bicyclic) bond motifs is 1. The van der Waals surface area contributed by atoms with Crippen molar-refractivity contribution in [1.82, 2.24) is 29.5 Å². The van der Waals surface area contributed by atoms with E-state index in [1.807, 2.05) is 22.9 Å². The van der Waals surface area contributed by atoms with Crippen LogP contribution in [0.5, 0.6) is 0 Å². The lowest BCUT2D eigenvalue weighted by Crippen LogP contribution is -2.39. The Kier molecular flexibility index (Phi) is 5.19. The van der Waals surface area contributed by atoms with E-state index in [2.05, 4.69) is 32.1 Å². The van der Waals surface area contributed by atoms with Gasteiger partial charge in [0, 0.05) is 44.6 Å². The van der Waals surface area contributed by atoms with Gasteiger partial charge in [-0.1, -0.05) is 0 Å². The van der Waals surface area contributed by atoms with Crippen LogP contribution < -0.4 is 5.32 Å². The lowest BCUT2D eigenvalue weighted by Gasteiger charge is -2.19. The molecule has 1 fully saturated rings. The number of aromatic nitrogens is 3. The van der Waals surface area contributed by atoms with E-state index >= 15 is 0 Å². The minimum atomic E-state index is 0.0939. The van der Waals surface area contributed by atoms with Crippen molar-refractivity contribution in [2.45, 2.75) is 12.8 Å². The van der Waals surface area contributed by atoms with Crippen molar-refractivity contribution in [1.29, 1.82) is 0 Å². The van der Waals surface area contributed by atoms with E-state index in [0.29, 0.717) is 18.9 Å². The molecule has 0 atom stereocenters. The van der Waals surface area contributed by atoms with Gasteiger partial charge < -0.3 is 10.2 Å². The van der Waals surface area contributed by atoms with E-state index in [1.165, 1.54) is 0 Å². The molecule has 124 valence electrons. The van der Waals surface area contributed by atoms with Gasteiger partial charge in [-0.25, -0.2) is 9.97 Å². The predicted molar refractivity (Wildman–Crippen MR) is 88.3 cm³/mol. The van der Waals surface area contributed by atoms with E-state index in [-0.39, 0.29) is 5.91 Å². The first-order valence-corrected chi connectivity index (χ1v) is 8.17. The van der Waals surface area contributed by atoms with Gasteiger partial charge in [0.2, 0.25) is 11.7 Å². The Bertz CT molecular complexity index is 622. The van der Waals surface area contributed by atoms with E-state index in [0.717, 1.165) is 44.7 Å². The van der Waals surface area contributed by atoms with Crippen LogP contribution in [-0.2, 0) is 11.2 Å². The molecule has 7 heteroatoms. The van der Waals surface area contributed by atoms with Crippen molar-refractivity contribution in [3.8, 4) is 0 Å². The molecule has 0 radical (unpaired) electrons. The molecule has 1 aliphatic rings. The third-order valence-electron chi connectivity index (χ3n) is 4.17. The molecule has 0 bridgehead atoms. The van der Waals surface area contributed by atoms with Crippen molar-refractivity contribution in [2.75, 3.05) is 46.3 Å². The first kappa shape index (κ1) is 15.9. The van der Waals surface area contributed by atoms with Crippen molar-refractivity contribution in [3.05, 3.63) is 30.4 Å². The lowest BCUT2D eigenvalue weighted by atomic mass is 10.3. The summed E-state index contributed by atoms with van der Waals surface area (Å²) in [6.45, 7) is 5.19.